The van der Waals surface area contributed by atoms with Gasteiger partial charge in [0, 0.05) is 5.92 Å². The van der Waals surface area contributed by atoms with Crippen LogP contribution >= 0.6 is 45.8 Å². The van der Waals surface area contributed by atoms with E-state index in [0.29, 0.717) is 14.7 Å². The fraction of sp³-hybridized carbons (Fsp3) is 0.333. The van der Waals surface area contributed by atoms with Crippen molar-refractivity contribution in [3.63, 3.8) is 0 Å². The third kappa shape index (κ3) is 3.40. The molecule has 9 nitrogen and oxygen atoms in total. The molecule has 1 saturated carbocycles. The first-order chi connectivity index (χ1) is 18.9. The molecule has 2 aliphatic carbocycles. The first-order valence-electron chi connectivity index (χ1n) is 12.2. The van der Waals surface area contributed by atoms with Crippen LogP contribution in [0.5, 0.6) is 11.5 Å². The normalized spacial score (nSPS) is 33.1. The van der Waals surface area contributed by atoms with E-state index in [2.05, 4.69) is 0 Å². The first-order valence-corrected chi connectivity index (χ1v) is 14.1. The zero-order valence-electron chi connectivity index (χ0n) is 20.6. The number of amides is 4. The SMILES string of the molecule is COc1cc([C@H]2C3=CC[C@@H]4C(=O)N(O)C(=O)[C@@H]4[C@@H]3C[C@@]3(Cl)C(=O)N(c4ccc(F)cc4)C(=O)[C@@]23Cl)cc(I)c1O. The molecule has 13 heteroatoms. The minimum absolute atomic E-state index is 0.0611. The molecule has 2 N–H and O–H groups in total. The van der Waals surface area contributed by atoms with Crippen LogP contribution in [0.1, 0.15) is 24.3 Å². The highest BCUT2D eigenvalue weighted by Crippen LogP contribution is 2.66. The van der Waals surface area contributed by atoms with Crippen LogP contribution in [0.25, 0.3) is 0 Å². The van der Waals surface area contributed by atoms with E-state index in [1.807, 2.05) is 22.6 Å². The Morgan fingerprint density at radius 2 is 1.73 bits per heavy atom. The predicted octanol–water partition coefficient (Wildman–Crippen LogP) is 4.10. The summed E-state index contributed by atoms with van der Waals surface area (Å²) in [4.78, 5) is 50.6. The minimum Gasteiger partial charge on any atom is -0.504 e. The molecule has 2 aliphatic heterocycles. The lowest BCUT2D eigenvalue weighted by Gasteiger charge is -2.50. The van der Waals surface area contributed by atoms with Gasteiger partial charge in [0.2, 0.25) is 0 Å². The lowest BCUT2D eigenvalue weighted by Crippen LogP contribution is -2.60. The van der Waals surface area contributed by atoms with Gasteiger partial charge in [-0.25, -0.2) is 9.29 Å². The van der Waals surface area contributed by atoms with Crippen LogP contribution in [-0.2, 0) is 19.2 Å². The molecule has 2 aromatic rings. The highest BCUT2D eigenvalue weighted by Gasteiger charge is 2.76. The smallest absolute Gasteiger partial charge is 0.258 e. The lowest BCUT2D eigenvalue weighted by molar-refractivity contribution is -0.173. The number of fused-ring (bicyclic) bond motifs is 4. The van der Waals surface area contributed by atoms with Crippen molar-refractivity contribution in [3.05, 3.63) is 63.0 Å². The second kappa shape index (κ2) is 9.13. The number of methoxy groups -OCH3 is 1. The number of phenols is 1. The van der Waals surface area contributed by atoms with Crippen molar-refractivity contribution in [2.45, 2.75) is 28.5 Å². The van der Waals surface area contributed by atoms with Crippen LogP contribution < -0.4 is 9.64 Å². The number of imide groups is 2. The summed E-state index contributed by atoms with van der Waals surface area (Å²) in [6, 6.07) is 7.77. The Labute approximate surface area is 250 Å². The Hall–Kier alpha value is -2.74. The zero-order valence-corrected chi connectivity index (χ0v) is 24.3. The summed E-state index contributed by atoms with van der Waals surface area (Å²) >= 11 is 16.3. The monoisotopic (exact) mass is 700 g/mol. The fourth-order valence-electron chi connectivity index (χ4n) is 6.67. The molecule has 0 unspecified atom stereocenters. The van der Waals surface area contributed by atoms with E-state index in [0.717, 1.165) is 17.0 Å². The fourth-order valence-corrected chi connectivity index (χ4v) is 8.23. The second-order valence-electron chi connectivity index (χ2n) is 10.3. The van der Waals surface area contributed by atoms with E-state index in [4.69, 9.17) is 27.9 Å². The van der Waals surface area contributed by atoms with Crippen LogP contribution in [0.4, 0.5) is 10.1 Å². The number of aromatic hydroxyl groups is 1. The van der Waals surface area contributed by atoms with Gasteiger partial charge in [-0.3, -0.25) is 24.4 Å². The molecule has 0 radical (unpaired) electrons. The number of carbonyl (C=O) groups is 4. The van der Waals surface area contributed by atoms with Crippen LogP contribution in [0, 0.1) is 27.1 Å². The molecule has 3 fully saturated rings. The standard InChI is InChI=1S/C27H20Cl2FIN2O7/c1-40-18-9-11(8-17(31)21(18)34)20-14-6-7-15-19(23(36)33(39)22(15)35)16(14)10-26(28)24(37)32(25(38)27(20,26)29)13-4-2-12(30)3-5-13/h2-6,8-9,15-16,19-20,34,39H,7,10H2,1H3/t15-,16+,19-,20-,26+,27-/m0/s1. The summed E-state index contributed by atoms with van der Waals surface area (Å²) in [7, 11) is 1.35. The quantitative estimate of drug-likeness (QED) is 0.163. The highest BCUT2D eigenvalue weighted by atomic mass is 127. The summed E-state index contributed by atoms with van der Waals surface area (Å²) in [5.74, 6) is -7.75. The van der Waals surface area contributed by atoms with Gasteiger partial charge < -0.3 is 9.84 Å². The van der Waals surface area contributed by atoms with Crippen molar-refractivity contribution in [2.24, 2.45) is 17.8 Å². The number of benzene rings is 2. The predicted molar refractivity (Wildman–Crippen MR) is 148 cm³/mol. The minimum atomic E-state index is -2.12. The van der Waals surface area contributed by atoms with E-state index in [9.17, 15) is 33.9 Å². The molecule has 40 heavy (non-hydrogen) atoms. The molecule has 6 rings (SSSR count). The maximum atomic E-state index is 14.2. The summed E-state index contributed by atoms with van der Waals surface area (Å²) in [6.45, 7) is 0. The maximum absolute atomic E-state index is 14.2. The number of hydrogen-bond donors (Lipinski definition) is 2. The molecule has 4 amide bonds. The van der Waals surface area contributed by atoms with Gasteiger partial charge in [0.15, 0.2) is 21.2 Å². The molecular weight excluding hydrogens is 681 g/mol. The molecule has 0 aromatic heterocycles. The van der Waals surface area contributed by atoms with Crippen LogP contribution in [0.15, 0.2) is 48.0 Å². The number of nitrogens with zero attached hydrogens (tertiary/aromatic N) is 2. The maximum Gasteiger partial charge on any atom is 0.258 e. The number of hydroxylamine groups is 2. The van der Waals surface area contributed by atoms with E-state index < -0.39 is 62.9 Å². The highest BCUT2D eigenvalue weighted by molar-refractivity contribution is 14.1. The summed E-state index contributed by atoms with van der Waals surface area (Å²) in [5.41, 5.74) is 0.953. The van der Waals surface area contributed by atoms with Gasteiger partial charge in [0.05, 0.1) is 28.2 Å². The number of allylic oxidation sites excluding steroid dienone is 2. The third-order valence-corrected chi connectivity index (χ3v) is 10.7. The first kappa shape index (κ1) is 27.4. The van der Waals surface area contributed by atoms with E-state index in [1.165, 1.54) is 25.3 Å². The Morgan fingerprint density at radius 3 is 2.38 bits per heavy atom. The summed E-state index contributed by atoms with van der Waals surface area (Å²) in [5, 5.41) is 20.8. The van der Waals surface area contributed by atoms with Crippen molar-refractivity contribution in [1.29, 1.82) is 0 Å². The molecule has 4 aliphatic rings. The van der Waals surface area contributed by atoms with E-state index in [-0.39, 0.29) is 35.1 Å². The number of carbonyl (C=O) groups excluding carboxylic acids is 4. The molecule has 2 aromatic carbocycles. The van der Waals surface area contributed by atoms with Crippen molar-refractivity contribution < 1.29 is 38.6 Å². The van der Waals surface area contributed by atoms with Crippen LogP contribution in [0.3, 0.4) is 0 Å². The molecule has 0 bridgehead atoms. The average Bonchev–Trinajstić information content (AvgIpc) is 3.24. The Balaban J connectivity index is 1.60. The molecule has 0 spiro atoms. The summed E-state index contributed by atoms with van der Waals surface area (Å²) < 4.78 is 19.4. The number of rotatable bonds is 3. The van der Waals surface area contributed by atoms with Crippen molar-refractivity contribution >= 4 is 75.1 Å². The summed E-state index contributed by atoms with van der Waals surface area (Å²) in [6.07, 6.45) is 1.53. The largest absolute Gasteiger partial charge is 0.504 e. The molecular formula is C27H20Cl2FIN2O7. The van der Waals surface area contributed by atoms with Gasteiger partial charge in [-0.1, -0.05) is 11.6 Å². The van der Waals surface area contributed by atoms with Crippen molar-refractivity contribution in [3.8, 4) is 11.5 Å². The number of alkyl halides is 2. The van der Waals surface area contributed by atoms with E-state index in [1.54, 1.807) is 12.1 Å². The molecule has 6 atom stereocenters. The number of hydrogen-bond acceptors (Lipinski definition) is 7. The lowest BCUT2D eigenvalue weighted by atomic mass is 9.56. The number of phenolic OH excluding ortho intramolecular Hbond substituents is 1. The van der Waals surface area contributed by atoms with Crippen molar-refractivity contribution in [2.75, 3.05) is 12.0 Å². The van der Waals surface area contributed by atoms with Gasteiger partial charge in [-0.15, -0.1) is 23.2 Å². The van der Waals surface area contributed by atoms with Crippen LogP contribution in [-0.4, -0.2) is 55.9 Å². The second-order valence-corrected chi connectivity index (χ2v) is 12.7. The van der Waals surface area contributed by atoms with E-state index >= 15 is 0 Å². The van der Waals surface area contributed by atoms with Crippen molar-refractivity contribution in [1.82, 2.24) is 5.06 Å². The van der Waals surface area contributed by atoms with Gasteiger partial charge in [0.1, 0.15) is 5.82 Å². The van der Waals surface area contributed by atoms with Crippen LogP contribution in [0.2, 0.25) is 0 Å². The molecule has 2 heterocycles. The Morgan fingerprint density at radius 1 is 1.05 bits per heavy atom. The third-order valence-electron chi connectivity index (χ3n) is 8.48. The zero-order chi connectivity index (χ0) is 28.9. The van der Waals surface area contributed by atoms with Gasteiger partial charge in [-0.05, 0) is 83.3 Å². The van der Waals surface area contributed by atoms with Gasteiger partial charge >= 0.3 is 0 Å². The number of ether oxygens (including phenoxy) is 1. The Bertz CT molecular complexity index is 1550. The van der Waals surface area contributed by atoms with Gasteiger partial charge in [-0.2, -0.15) is 5.06 Å². The molecule has 208 valence electrons. The van der Waals surface area contributed by atoms with Gasteiger partial charge in [0.25, 0.3) is 23.6 Å². The Kier molecular flexibility index (Phi) is 6.26. The topological polar surface area (TPSA) is 124 Å². The average molecular weight is 701 g/mol. The molecule has 2 saturated heterocycles. The number of halogens is 4. The number of anilines is 1.